The van der Waals surface area contributed by atoms with E-state index in [0.29, 0.717) is 35.8 Å². The summed E-state index contributed by atoms with van der Waals surface area (Å²) in [5, 5.41) is 3.32. The van der Waals surface area contributed by atoms with E-state index < -0.39 is 0 Å². The van der Waals surface area contributed by atoms with Gasteiger partial charge in [0.2, 0.25) is 11.8 Å². The zero-order valence-corrected chi connectivity index (χ0v) is 15.9. The fourth-order valence-electron chi connectivity index (χ4n) is 2.74. The number of pyridine rings is 1. The van der Waals surface area contributed by atoms with Gasteiger partial charge in [-0.05, 0) is 36.8 Å². The Morgan fingerprint density at radius 3 is 2.92 bits per heavy atom. The molecule has 2 amide bonds. The number of carbonyl (C=O) groups is 2. The highest BCUT2D eigenvalue weighted by Gasteiger charge is 2.22. The Kier molecular flexibility index (Phi) is 6.52. The van der Waals surface area contributed by atoms with Crippen molar-refractivity contribution in [3.8, 4) is 0 Å². The highest BCUT2D eigenvalue weighted by atomic mass is 35.5. The summed E-state index contributed by atoms with van der Waals surface area (Å²) in [7, 11) is 0. The lowest BCUT2D eigenvalue weighted by molar-refractivity contribution is -0.117. The van der Waals surface area contributed by atoms with Gasteiger partial charge in [-0.2, -0.15) is 11.8 Å². The van der Waals surface area contributed by atoms with Gasteiger partial charge < -0.3 is 10.2 Å². The van der Waals surface area contributed by atoms with Gasteiger partial charge in [-0.25, -0.2) is 0 Å². The van der Waals surface area contributed by atoms with E-state index in [1.165, 1.54) is 0 Å². The van der Waals surface area contributed by atoms with Crippen molar-refractivity contribution in [3.05, 3.63) is 53.3 Å². The van der Waals surface area contributed by atoms with Crippen LogP contribution in [0.4, 0.5) is 11.4 Å². The van der Waals surface area contributed by atoms with Gasteiger partial charge in [0.05, 0.1) is 16.4 Å². The first-order chi connectivity index (χ1) is 12.6. The summed E-state index contributed by atoms with van der Waals surface area (Å²) < 4.78 is 0. The zero-order valence-electron chi connectivity index (χ0n) is 14.3. The molecule has 26 heavy (non-hydrogen) atoms. The van der Waals surface area contributed by atoms with Gasteiger partial charge in [-0.15, -0.1) is 0 Å². The third kappa shape index (κ3) is 4.99. The molecule has 0 aliphatic carbocycles. The Morgan fingerprint density at radius 2 is 2.19 bits per heavy atom. The molecule has 0 unspecified atom stereocenters. The van der Waals surface area contributed by atoms with E-state index >= 15 is 0 Å². The van der Waals surface area contributed by atoms with Crippen molar-refractivity contribution >= 4 is 46.6 Å². The van der Waals surface area contributed by atoms with Crippen molar-refractivity contribution < 1.29 is 9.59 Å². The first-order valence-electron chi connectivity index (χ1n) is 8.51. The number of halogens is 1. The molecule has 7 heteroatoms. The van der Waals surface area contributed by atoms with Gasteiger partial charge in [0.1, 0.15) is 0 Å². The molecule has 0 spiro atoms. The lowest BCUT2D eigenvalue weighted by Crippen LogP contribution is -2.23. The number of benzene rings is 1. The number of hydrogen-bond donors (Lipinski definition) is 1. The molecular weight excluding hydrogens is 370 g/mol. The van der Waals surface area contributed by atoms with Crippen LogP contribution in [0, 0.1) is 0 Å². The van der Waals surface area contributed by atoms with E-state index in [1.807, 2.05) is 24.3 Å². The monoisotopic (exact) mass is 389 g/mol. The quantitative estimate of drug-likeness (QED) is 0.723. The summed E-state index contributed by atoms with van der Waals surface area (Å²) in [6.07, 6.45) is 3.58. The number of nitrogens with one attached hydrogen (secondary N) is 1. The van der Waals surface area contributed by atoms with Gasteiger partial charge >= 0.3 is 0 Å². The minimum absolute atomic E-state index is 0.0923. The minimum Gasteiger partial charge on any atom is -0.325 e. The van der Waals surface area contributed by atoms with Crippen LogP contribution >= 0.6 is 23.4 Å². The summed E-state index contributed by atoms with van der Waals surface area (Å²) >= 11 is 7.86. The molecule has 1 N–H and O–H groups in total. The van der Waals surface area contributed by atoms with E-state index in [-0.39, 0.29) is 11.8 Å². The maximum absolute atomic E-state index is 12.2. The average molecular weight is 390 g/mol. The molecule has 5 nitrogen and oxygen atoms in total. The molecular formula is C19H20ClN3O2S. The number of thioether (sulfide) groups is 1. The van der Waals surface area contributed by atoms with Gasteiger partial charge in [0.15, 0.2) is 0 Å². The van der Waals surface area contributed by atoms with Crippen LogP contribution in [0.2, 0.25) is 5.02 Å². The summed E-state index contributed by atoms with van der Waals surface area (Å²) in [5.74, 6) is 1.49. The number of rotatable bonds is 7. The number of nitrogens with zero attached hydrogens (tertiary/aromatic N) is 2. The molecule has 0 saturated carbocycles. The molecule has 136 valence electrons. The van der Waals surface area contributed by atoms with Crippen molar-refractivity contribution in [2.24, 2.45) is 0 Å². The Labute approximate surface area is 162 Å². The van der Waals surface area contributed by atoms with Crippen molar-refractivity contribution in [3.63, 3.8) is 0 Å². The molecule has 0 radical (unpaired) electrons. The van der Waals surface area contributed by atoms with Crippen molar-refractivity contribution in [2.75, 3.05) is 22.5 Å². The fraction of sp³-hybridized carbons (Fsp3) is 0.316. The third-order valence-corrected chi connectivity index (χ3v) is 5.38. The molecule has 1 fully saturated rings. The summed E-state index contributed by atoms with van der Waals surface area (Å²) in [6.45, 7) is 0.706. The fourth-order valence-corrected chi connectivity index (χ4v) is 3.75. The molecule has 2 heterocycles. The Hall–Kier alpha value is -2.05. The van der Waals surface area contributed by atoms with E-state index in [0.717, 1.165) is 23.6 Å². The second kappa shape index (κ2) is 9.05. The Morgan fingerprint density at radius 1 is 1.31 bits per heavy atom. The zero-order chi connectivity index (χ0) is 18.4. The highest BCUT2D eigenvalue weighted by molar-refractivity contribution is 7.98. The van der Waals surface area contributed by atoms with Gasteiger partial charge in [-0.1, -0.05) is 17.7 Å². The SMILES string of the molecule is O=C(CCSCc1ccccn1)Nc1cc(N2CCCC2=O)ccc1Cl. The molecule has 2 aromatic rings. The largest absolute Gasteiger partial charge is 0.325 e. The van der Waals surface area contributed by atoms with Gasteiger partial charge in [0.25, 0.3) is 0 Å². The molecule has 1 aliphatic rings. The second-order valence-corrected chi connectivity index (χ2v) is 7.50. The topological polar surface area (TPSA) is 62.3 Å². The van der Waals surface area contributed by atoms with Crippen LogP contribution in [0.25, 0.3) is 0 Å². The van der Waals surface area contributed by atoms with Crippen LogP contribution in [-0.2, 0) is 15.3 Å². The van der Waals surface area contributed by atoms with Crippen molar-refractivity contribution in [1.29, 1.82) is 0 Å². The first kappa shape index (κ1) is 18.7. The average Bonchev–Trinajstić information content (AvgIpc) is 3.07. The number of hydrogen-bond acceptors (Lipinski definition) is 4. The van der Waals surface area contributed by atoms with Gasteiger partial charge in [-0.3, -0.25) is 14.6 Å². The van der Waals surface area contributed by atoms with Crippen LogP contribution in [0.1, 0.15) is 25.0 Å². The highest BCUT2D eigenvalue weighted by Crippen LogP contribution is 2.30. The number of aromatic nitrogens is 1. The molecule has 1 saturated heterocycles. The van der Waals surface area contributed by atoms with E-state index in [4.69, 9.17) is 11.6 Å². The molecule has 1 aromatic carbocycles. The Bertz CT molecular complexity index is 786. The van der Waals surface area contributed by atoms with Gasteiger partial charge in [0, 0.05) is 42.8 Å². The predicted octanol–water partition coefficient (Wildman–Crippen LogP) is 4.12. The van der Waals surface area contributed by atoms with Crippen LogP contribution in [-0.4, -0.2) is 29.1 Å². The molecule has 0 atom stereocenters. The van der Waals surface area contributed by atoms with Crippen molar-refractivity contribution in [1.82, 2.24) is 4.98 Å². The Balaban J connectivity index is 1.51. The molecule has 3 rings (SSSR count). The maximum Gasteiger partial charge on any atom is 0.227 e. The van der Waals surface area contributed by atoms with E-state index in [9.17, 15) is 9.59 Å². The lowest BCUT2D eigenvalue weighted by Gasteiger charge is -2.17. The number of carbonyl (C=O) groups excluding carboxylic acids is 2. The minimum atomic E-state index is -0.0923. The van der Waals surface area contributed by atoms with Crippen LogP contribution in [0.3, 0.4) is 0 Å². The normalized spacial score (nSPS) is 13.9. The summed E-state index contributed by atoms with van der Waals surface area (Å²) in [4.78, 5) is 30.1. The molecule has 1 aliphatic heterocycles. The summed E-state index contributed by atoms with van der Waals surface area (Å²) in [6, 6.07) is 11.1. The molecule has 0 bridgehead atoms. The standard InChI is InChI=1S/C19H20ClN3O2S/c20-16-7-6-15(23-10-3-5-19(23)25)12-17(16)22-18(24)8-11-26-13-14-4-1-2-9-21-14/h1-2,4,6-7,9,12H,3,5,8,10-11,13H2,(H,22,24). The maximum atomic E-state index is 12.2. The first-order valence-corrected chi connectivity index (χ1v) is 10.0. The van der Waals surface area contributed by atoms with Crippen LogP contribution < -0.4 is 10.2 Å². The predicted molar refractivity (Wildman–Crippen MR) is 107 cm³/mol. The van der Waals surface area contributed by atoms with Crippen LogP contribution in [0.15, 0.2) is 42.6 Å². The van der Waals surface area contributed by atoms with Crippen molar-refractivity contribution in [2.45, 2.75) is 25.0 Å². The smallest absolute Gasteiger partial charge is 0.227 e. The molecule has 1 aromatic heterocycles. The summed E-state index contributed by atoms with van der Waals surface area (Å²) in [5.41, 5.74) is 2.32. The second-order valence-electron chi connectivity index (χ2n) is 5.98. The number of amides is 2. The van der Waals surface area contributed by atoms with Crippen LogP contribution in [0.5, 0.6) is 0 Å². The lowest BCUT2D eigenvalue weighted by atomic mass is 10.2. The van der Waals surface area contributed by atoms with E-state index in [2.05, 4.69) is 10.3 Å². The number of anilines is 2. The third-order valence-electron chi connectivity index (χ3n) is 4.06. The van der Waals surface area contributed by atoms with E-state index in [1.54, 1.807) is 35.0 Å².